The highest BCUT2D eigenvalue weighted by Gasteiger charge is 2.23. The van der Waals surface area contributed by atoms with E-state index in [9.17, 15) is 4.79 Å². The summed E-state index contributed by atoms with van der Waals surface area (Å²) < 4.78 is 7.47. The lowest BCUT2D eigenvalue weighted by molar-refractivity contribution is -0.121. The van der Waals surface area contributed by atoms with Gasteiger partial charge >= 0.3 is 0 Å². The van der Waals surface area contributed by atoms with Crippen LogP contribution in [0.1, 0.15) is 43.2 Å². The standard InChI is InChI=1S/C22H27N5O2/c1-26(18-5-3-2-4-6-18)10-9-24-21(28)14-27-22-17(13-25-27)15-29-20-11-16(12-23)7-8-19(20)22/h7-8,11,13,18H,2-6,9-10,14-15H2,1H3,(H,24,28). The van der Waals surface area contributed by atoms with Crippen molar-refractivity contribution in [2.24, 2.45) is 0 Å². The Labute approximate surface area is 171 Å². The van der Waals surface area contributed by atoms with E-state index in [1.165, 1.54) is 32.1 Å². The van der Waals surface area contributed by atoms with E-state index in [1.807, 2.05) is 6.07 Å². The van der Waals surface area contributed by atoms with Gasteiger partial charge in [0.05, 0.1) is 23.5 Å². The summed E-state index contributed by atoms with van der Waals surface area (Å²) in [5.41, 5.74) is 3.27. The van der Waals surface area contributed by atoms with Crippen LogP contribution in [0.3, 0.4) is 0 Å². The number of ether oxygens (including phenoxy) is 1. The van der Waals surface area contributed by atoms with E-state index in [1.54, 1.807) is 23.0 Å². The molecule has 0 bridgehead atoms. The van der Waals surface area contributed by atoms with Crippen LogP contribution in [0, 0.1) is 11.3 Å². The summed E-state index contributed by atoms with van der Waals surface area (Å²) >= 11 is 0. The third kappa shape index (κ3) is 4.28. The van der Waals surface area contributed by atoms with E-state index in [2.05, 4.69) is 28.4 Å². The lowest BCUT2D eigenvalue weighted by Gasteiger charge is -2.31. The second-order valence-electron chi connectivity index (χ2n) is 7.91. The molecule has 29 heavy (non-hydrogen) atoms. The van der Waals surface area contributed by atoms with E-state index in [-0.39, 0.29) is 12.5 Å². The van der Waals surface area contributed by atoms with Gasteiger partial charge in [0.15, 0.2) is 0 Å². The summed E-state index contributed by atoms with van der Waals surface area (Å²) in [6.07, 6.45) is 8.25. The van der Waals surface area contributed by atoms with Crippen molar-refractivity contribution in [3.05, 3.63) is 35.5 Å². The number of amides is 1. The maximum Gasteiger partial charge on any atom is 0.241 e. The summed E-state index contributed by atoms with van der Waals surface area (Å²) in [6.45, 7) is 2.06. The van der Waals surface area contributed by atoms with Crippen LogP contribution in [0.25, 0.3) is 11.3 Å². The van der Waals surface area contributed by atoms with Crippen molar-refractivity contribution in [3.8, 4) is 23.1 Å². The number of rotatable bonds is 6. The number of nitrogens with one attached hydrogen (secondary N) is 1. The first-order chi connectivity index (χ1) is 14.2. The number of carbonyl (C=O) groups excluding carboxylic acids is 1. The van der Waals surface area contributed by atoms with Gasteiger partial charge in [-0.2, -0.15) is 10.4 Å². The maximum absolute atomic E-state index is 12.5. The molecule has 0 spiro atoms. The van der Waals surface area contributed by atoms with Crippen molar-refractivity contribution in [1.82, 2.24) is 20.0 Å². The zero-order valence-corrected chi connectivity index (χ0v) is 16.9. The molecule has 2 heterocycles. The third-order valence-electron chi connectivity index (χ3n) is 5.94. The smallest absolute Gasteiger partial charge is 0.241 e. The highest BCUT2D eigenvalue weighted by molar-refractivity contribution is 5.78. The van der Waals surface area contributed by atoms with Crippen molar-refractivity contribution >= 4 is 5.91 Å². The third-order valence-corrected chi connectivity index (χ3v) is 5.94. The number of hydrogen-bond acceptors (Lipinski definition) is 5. The average Bonchev–Trinajstić information content (AvgIpc) is 3.16. The molecule has 0 atom stereocenters. The van der Waals surface area contributed by atoms with Gasteiger partial charge in [0, 0.05) is 30.3 Å². The Hall–Kier alpha value is -2.85. The van der Waals surface area contributed by atoms with Crippen LogP contribution < -0.4 is 10.1 Å². The van der Waals surface area contributed by atoms with Crippen molar-refractivity contribution in [2.45, 2.75) is 51.3 Å². The zero-order valence-electron chi connectivity index (χ0n) is 16.9. The fourth-order valence-corrected chi connectivity index (χ4v) is 4.29. The van der Waals surface area contributed by atoms with Gasteiger partial charge in [-0.15, -0.1) is 0 Å². The van der Waals surface area contributed by atoms with Crippen LogP contribution in [-0.2, 0) is 17.9 Å². The van der Waals surface area contributed by atoms with Gasteiger partial charge in [-0.1, -0.05) is 19.3 Å². The summed E-state index contributed by atoms with van der Waals surface area (Å²) in [4.78, 5) is 14.9. The molecule has 2 aliphatic rings. The monoisotopic (exact) mass is 393 g/mol. The molecule has 7 heteroatoms. The first-order valence-electron chi connectivity index (χ1n) is 10.3. The quantitative estimate of drug-likeness (QED) is 0.816. The van der Waals surface area contributed by atoms with Crippen LogP contribution >= 0.6 is 0 Å². The molecule has 0 saturated heterocycles. The molecule has 0 unspecified atom stereocenters. The summed E-state index contributed by atoms with van der Waals surface area (Å²) in [7, 11) is 2.15. The van der Waals surface area contributed by atoms with Gasteiger partial charge in [-0.3, -0.25) is 9.48 Å². The van der Waals surface area contributed by atoms with Gasteiger partial charge in [0.25, 0.3) is 0 Å². The number of benzene rings is 1. The van der Waals surface area contributed by atoms with E-state index < -0.39 is 0 Å². The van der Waals surface area contributed by atoms with Gasteiger partial charge in [-0.05, 0) is 38.1 Å². The largest absolute Gasteiger partial charge is 0.488 e. The fraction of sp³-hybridized carbons (Fsp3) is 0.500. The number of nitriles is 1. The number of nitrogens with zero attached hydrogens (tertiary/aromatic N) is 4. The normalized spacial score (nSPS) is 15.9. The molecule has 1 aliphatic carbocycles. The molecular formula is C22H27N5O2. The Morgan fingerprint density at radius 2 is 2.21 bits per heavy atom. The predicted molar refractivity (Wildman–Crippen MR) is 109 cm³/mol. The van der Waals surface area contributed by atoms with Gasteiger partial charge in [0.2, 0.25) is 5.91 Å². The van der Waals surface area contributed by atoms with E-state index in [4.69, 9.17) is 10.00 Å². The number of fused-ring (bicyclic) bond motifs is 3. The predicted octanol–water partition coefficient (Wildman–Crippen LogP) is 2.69. The minimum Gasteiger partial charge on any atom is -0.488 e. The van der Waals surface area contributed by atoms with Crippen LogP contribution in [0.4, 0.5) is 0 Å². The molecule has 1 aromatic carbocycles. The van der Waals surface area contributed by atoms with Crippen molar-refractivity contribution in [3.63, 3.8) is 0 Å². The molecule has 2 aromatic rings. The van der Waals surface area contributed by atoms with Crippen molar-refractivity contribution in [1.29, 1.82) is 5.26 Å². The van der Waals surface area contributed by atoms with Crippen LogP contribution in [-0.4, -0.2) is 46.8 Å². The lowest BCUT2D eigenvalue weighted by atomic mass is 9.94. The Morgan fingerprint density at radius 1 is 1.38 bits per heavy atom. The van der Waals surface area contributed by atoms with Crippen LogP contribution in [0.5, 0.6) is 5.75 Å². The molecule has 1 N–H and O–H groups in total. The zero-order chi connectivity index (χ0) is 20.2. The van der Waals surface area contributed by atoms with Crippen molar-refractivity contribution < 1.29 is 9.53 Å². The molecule has 1 aromatic heterocycles. The SMILES string of the molecule is CN(CCNC(=O)Cn1ncc2c1-c1ccc(C#N)cc1OC2)C1CCCCC1. The second-order valence-corrected chi connectivity index (χ2v) is 7.91. The summed E-state index contributed by atoms with van der Waals surface area (Å²) in [5, 5.41) is 16.5. The Kier molecular flexibility index (Phi) is 5.81. The Morgan fingerprint density at radius 3 is 3.00 bits per heavy atom. The van der Waals surface area contributed by atoms with E-state index in [0.717, 1.165) is 23.4 Å². The molecule has 0 radical (unpaired) electrons. The summed E-state index contributed by atoms with van der Waals surface area (Å²) in [6, 6.07) is 8.13. The average molecular weight is 393 g/mol. The first kappa shape index (κ1) is 19.5. The topological polar surface area (TPSA) is 83.2 Å². The number of aromatic nitrogens is 2. The van der Waals surface area contributed by atoms with Crippen LogP contribution in [0.15, 0.2) is 24.4 Å². The molecule has 152 valence electrons. The van der Waals surface area contributed by atoms with Gasteiger partial charge < -0.3 is 15.0 Å². The van der Waals surface area contributed by atoms with E-state index in [0.29, 0.717) is 30.5 Å². The maximum atomic E-state index is 12.5. The van der Waals surface area contributed by atoms with Gasteiger partial charge in [0.1, 0.15) is 18.9 Å². The molecule has 1 saturated carbocycles. The number of hydrogen-bond donors (Lipinski definition) is 1. The van der Waals surface area contributed by atoms with Crippen molar-refractivity contribution in [2.75, 3.05) is 20.1 Å². The molecular weight excluding hydrogens is 366 g/mol. The van der Waals surface area contributed by atoms with Gasteiger partial charge in [-0.25, -0.2) is 0 Å². The summed E-state index contributed by atoms with van der Waals surface area (Å²) in [5.74, 6) is 0.613. The lowest BCUT2D eigenvalue weighted by Crippen LogP contribution is -2.40. The highest BCUT2D eigenvalue weighted by Crippen LogP contribution is 2.37. The first-order valence-corrected chi connectivity index (χ1v) is 10.3. The number of carbonyl (C=O) groups is 1. The highest BCUT2D eigenvalue weighted by atomic mass is 16.5. The molecule has 7 nitrogen and oxygen atoms in total. The van der Waals surface area contributed by atoms with E-state index >= 15 is 0 Å². The minimum absolute atomic E-state index is 0.0466. The molecule has 1 aliphatic heterocycles. The minimum atomic E-state index is -0.0466. The van der Waals surface area contributed by atoms with Crippen LogP contribution in [0.2, 0.25) is 0 Å². The number of likely N-dealkylation sites (N-methyl/N-ethyl adjacent to an activating group) is 1. The molecule has 4 rings (SSSR count). The molecule has 1 amide bonds. The Balaban J connectivity index is 1.36. The Bertz CT molecular complexity index is 924. The second kappa shape index (κ2) is 8.66. The molecule has 1 fully saturated rings. The fourth-order valence-electron chi connectivity index (χ4n) is 4.29.